The quantitative estimate of drug-likeness (QED) is 0.302. The van der Waals surface area contributed by atoms with E-state index in [0.717, 1.165) is 44.2 Å². The van der Waals surface area contributed by atoms with Gasteiger partial charge in [-0.05, 0) is 87.6 Å². The average molecular weight is 549 g/mol. The first kappa shape index (κ1) is 27.5. The number of halogens is 1. The van der Waals surface area contributed by atoms with E-state index in [2.05, 4.69) is 15.2 Å². The van der Waals surface area contributed by atoms with Crippen LogP contribution in [0.3, 0.4) is 0 Å². The second-order valence-electron chi connectivity index (χ2n) is 11.9. The molecule has 5 fully saturated rings. The number of nitrogens with zero attached hydrogens (tertiary/aromatic N) is 1. The fourth-order valence-corrected chi connectivity index (χ4v) is 7.74. The number of amides is 1. The molecule has 4 bridgehead atoms. The van der Waals surface area contributed by atoms with Crippen molar-refractivity contribution in [1.29, 1.82) is 0 Å². The maximum Gasteiger partial charge on any atom is 0.306 e. The SMILES string of the molecule is CO[C@H]1CN(CCCCCC(=O)OC2C3CC4CC(C3)CC2C4)CC[C@H]1NC(=O)c1cc(Cl)c(N)[nH]c1=O. The number of carbonyl (C=O) groups is 2. The molecule has 1 amide bonds. The molecule has 1 aliphatic heterocycles. The number of piperidine rings is 1. The van der Waals surface area contributed by atoms with Gasteiger partial charge in [-0.2, -0.15) is 0 Å². The van der Waals surface area contributed by atoms with E-state index in [0.29, 0.717) is 31.2 Å². The first-order valence-corrected chi connectivity index (χ1v) is 14.6. The molecular formula is C28H41ClN4O5. The number of carbonyl (C=O) groups excluding carboxylic acids is 2. The highest BCUT2D eigenvalue weighted by Crippen LogP contribution is 2.54. The summed E-state index contributed by atoms with van der Waals surface area (Å²) >= 11 is 5.97. The molecule has 0 unspecified atom stereocenters. The normalized spacial score (nSPS) is 32.3. The van der Waals surface area contributed by atoms with Crippen molar-refractivity contribution in [2.75, 3.05) is 32.5 Å². The number of esters is 1. The van der Waals surface area contributed by atoms with Crippen LogP contribution < -0.4 is 16.6 Å². The molecule has 38 heavy (non-hydrogen) atoms. The Morgan fingerprint density at radius 3 is 2.53 bits per heavy atom. The van der Waals surface area contributed by atoms with Gasteiger partial charge in [0.25, 0.3) is 11.5 Å². The zero-order valence-electron chi connectivity index (χ0n) is 22.3. The third-order valence-electron chi connectivity index (χ3n) is 9.29. The monoisotopic (exact) mass is 548 g/mol. The average Bonchev–Trinajstić information content (AvgIpc) is 2.88. The van der Waals surface area contributed by atoms with Crippen LogP contribution in [-0.4, -0.2) is 66.8 Å². The van der Waals surface area contributed by atoms with Crippen molar-refractivity contribution in [2.45, 2.75) is 82.5 Å². The zero-order valence-corrected chi connectivity index (χ0v) is 23.0. The zero-order chi connectivity index (χ0) is 26.8. The molecule has 9 nitrogen and oxygen atoms in total. The van der Waals surface area contributed by atoms with Crippen molar-refractivity contribution < 1.29 is 19.1 Å². The molecule has 0 radical (unpaired) electrons. The van der Waals surface area contributed by atoms with E-state index in [1.54, 1.807) is 7.11 Å². The molecule has 2 heterocycles. The van der Waals surface area contributed by atoms with E-state index >= 15 is 0 Å². The van der Waals surface area contributed by atoms with Crippen molar-refractivity contribution >= 4 is 29.3 Å². The predicted octanol–water partition coefficient (Wildman–Crippen LogP) is 3.36. The highest BCUT2D eigenvalue weighted by atomic mass is 35.5. The lowest BCUT2D eigenvalue weighted by Gasteiger charge is -2.53. The molecule has 0 spiro atoms. The molecule has 1 aromatic rings. The highest BCUT2D eigenvalue weighted by Gasteiger charge is 2.49. The van der Waals surface area contributed by atoms with Crippen molar-refractivity contribution in [1.82, 2.24) is 15.2 Å². The van der Waals surface area contributed by atoms with Crippen molar-refractivity contribution in [3.8, 4) is 0 Å². The number of likely N-dealkylation sites (tertiary alicyclic amines) is 1. The minimum Gasteiger partial charge on any atom is -0.462 e. The van der Waals surface area contributed by atoms with Crippen LogP contribution in [0.5, 0.6) is 0 Å². The molecular weight excluding hydrogens is 508 g/mol. The Balaban J connectivity index is 0.996. The molecule has 10 heteroatoms. The molecule has 2 atom stereocenters. The van der Waals surface area contributed by atoms with E-state index in [1.807, 2.05) is 0 Å². The Morgan fingerprint density at radius 2 is 1.84 bits per heavy atom. The lowest BCUT2D eigenvalue weighted by Crippen LogP contribution is -2.55. The third-order valence-corrected chi connectivity index (χ3v) is 9.60. The molecule has 1 aromatic heterocycles. The topological polar surface area (TPSA) is 127 Å². The smallest absolute Gasteiger partial charge is 0.306 e. The summed E-state index contributed by atoms with van der Waals surface area (Å²) in [6, 6.07) is 1.08. The van der Waals surface area contributed by atoms with Crippen LogP contribution in [-0.2, 0) is 14.3 Å². The van der Waals surface area contributed by atoms with E-state index in [9.17, 15) is 14.4 Å². The van der Waals surface area contributed by atoms with Gasteiger partial charge in [0.1, 0.15) is 17.5 Å². The third kappa shape index (κ3) is 6.20. The van der Waals surface area contributed by atoms with Gasteiger partial charge in [0, 0.05) is 26.6 Å². The van der Waals surface area contributed by atoms with Gasteiger partial charge < -0.3 is 30.4 Å². The molecule has 4 aliphatic carbocycles. The standard InChI is InChI=1S/C28H41ClN4O5/c1-37-23-15-33(8-6-22(23)31-27(35)20-14-21(29)26(30)32-28(20)36)7-4-2-3-5-24(34)38-25-18-10-16-9-17(12-18)13-19(25)11-16/h14,16-19,22-23,25H,2-13,15H2,1H3,(H,31,35)(H3,30,32,36)/t16?,17?,18?,19?,22-,23+,25?/m1/s1. The number of nitrogens with one attached hydrogen (secondary N) is 2. The number of rotatable bonds is 10. The Bertz CT molecular complexity index is 1050. The summed E-state index contributed by atoms with van der Waals surface area (Å²) in [7, 11) is 1.63. The van der Waals surface area contributed by atoms with Crippen LogP contribution in [0.15, 0.2) is 10.9 Å². The number of ether oxygens (including phenoxy) is 2. The first-order chi connectivity index (χ1) is 18.3. The molecule has 5 aliphatic rings. The lowest BCUT2D eigenvalue weighted by molar-refractivity contribution is -0.170. The van der Waals surface area contributed by atoms with Crippen molar-refractivity contribution in [2.24, 2.45) is 23.7 Å². The molecule has 210 valence electrons. The second-order valence-corrected chi connectivity index (χ2v) is 12.3. The van der Waals surface area contributed by atoms with Gasteiger partial charge >= 0.3 is 5.97 Å². The molecule has 4 N–H and O–H groups in total. The number of unbranched alkanes of at least 4 members (excludes halogenated alkanes) is 2. The fraction of sp³-hybridized carbons (Fsp3) is 0.750. The van der Waals surface area contributed by atoms with Gasteiger partial charge in [0.15, 0.2) is 0 Å². The van der Waals surface area contributed by atoms with E-state index in [-0.39, 0.29) is 40.6 Å². The number of pyridine rings is 1. The Hall–Kier alpha value is -2.10. The summed E-state index contributed by atoms with van der Waals surface area (Å²) in [6.07, 6.45) is 10.5. The number of anilines is 1. The van der Waals surface area contributed by atoms with Crippen LogP contribution in [0, 0.1) is 23.7 Å². The molecule has 1 saturated heterocycles. The summed E-state index contributed by atoms with van der Waals surface area (Å²) < 4.78 is 11.7. The number of hydrogen-bond donors (Lipinski definition) is 3. The Kier molecular flexibility index (Phi) is 8.65. The van der Waals surface area contributed by atoms with E-state index in [1.165, 1.54) is 38.2 Å². The first-order valence-electron chi connectivity index (χ1n) is 14.2. The van der Waals surface area contributed by atoms with Crippen molar-refractivity contribution in [3.05, 3.63) is 27.0 Å². The number of nitrogens with two attached hydrogens (primary N) is 1. The number of aromatic nitrogens is 1. The number of methoxy groups -OCH3 is 1. The Labute approximate surface area is 229 Å². The summed E-state index contributed by atoms with van der Waals surface area (Å²) in [6.45, 7) is 2.42. The van der Waals surface area contributed by atoms with Crippen LogP contribution in [0.1, 0.15) is 74.6 Å². The minimum absolute atomic E-state index is 0.0142. The van der Waals surface area contributed by atoms with Gasteiger partial charge in [-0.1, -0.05) is 18.0 Å². The predicted molar refractivity (Wildman–Crippen MR) is 145 cm³/mol. The Morgan fingerprint density at radius 1 is 1.13 bits per heavy atom. The summed E-state index contributed by atoms with van der Waals surface area (Å²) in [5.41, 5.74) is 4.96. The van der Waals surface area contributed by atoms with Gasteiger partial charge in [-0.3, -0.25) is 14.4 Å². The molecule has 6 rings (SSSR count). The minimum atomic E-state index is -0.572. The molecule has 0 aromatic carbocycles. The maximum absolute atomic E-state index is 12.7. The second kappa shape index (κ2) is 12.0. The number of H-pyrrole nitrogens is 1. The summed E-state index contributed by atoms with van der Waals surface area (Å²) in [4.78, 5) is 42.1. The van der Waals surface area contributed by atoms with E-state index in [4.69, 9.17) is 26.8 Å². The van der Waals surface area contributed by atoms with Gasteiger partial charge in [0.05, 0.1) is 17.2 Å². The van der Waals surface area contributed by atoms with Crippen LogP contribution >= 0.6 is 11.6 Å². The lowest BCUT2D eigenvalue weighted by atomic mass is 9.55. The summed E-state index contributed by atoms with van der Waals surface area (Å²) in [5.74, 6) is 2.53. The molecule has 4 saturated carbocycles. The van der Waals surface area contributed by atoms with Gasteiger partial charge in [0.2, 0.25) is 0 Å². The fourth-order valence-electron chi connectivity index (χ4n) is 7.58. The number of hydrogen-bond acceptors (Lipinski definition) is 7. The number of aromatic amines is 1. The van der Waals surface area contributed by atoms with Crippen LogP contribution in [0.25, 0.3) is 0 Å². The summed E-state index contributed by atoms with van der Waals surface area (Å²) in [5, 5.41) is 3.06. The van der Waals surface area contributed by atoms with Gasteiger partial charge in [-0.25, -0.2) is 0 Å². The van der Waals surface area contributed by atoms with E-state index < -0.39 is 11.5 Å². The number of nitrogen functional groups attached to an aromatic ring is 1. The highest BCUT2D eigenvalue weighted by molar-refractivity contribution is 6.33. The van der Waals surface area contributed by atoms with Crippen LogP contribution in [0.4, 0.5) is 5.82 Å². The maximum atomic E-state index is 12.7. The largest absolute Gasteiger partial charge is 0.462 e. The van der Waals surface area contributed by atoms with Crippen molar-refractivity contribution in [3.63, 3.8) is 0 Å². The van der Waals surface area contributed by atoms with Gasteiger partial charge in [-0.15, -0.1) is 0 Å². The van der Waals surface area contributed by atoms with Crippen LogP contribution in [0.2, 0.25) is 5.02 Å².